The summed E-state index contributed by atoms with van der Waals surface area (Å²) in [6, 6.07) is 14.6. The summed E-state index contributed by atoms with van der Waals surface area (Å²) in [7, 11) is 0. The SMILES string of the molecule is N#Cc1c(-c2cccc(F)c2)cc(-c2cc(Cl)ccc2Cl)nc1N. The molecule has 0 aliphatic heterocycles. The number of rotatable bonds is 2. The molecule has 0 aliphatic rings. The maximum Gasteiger partial charge on any atom is 0.142 e. The first-order valence-electron chi connectivity index (χ1n) is 6.91. The van der Waals surface area contributed by atoms with Crippen molar-refractivity contribution in [2.24, 2.45) is 0 Å². The van der Waals surface area contributed by atoms with Crippen LogP contribution >= 0.6 is 23.2 Å². The van der Waals surface area contributed by atoms with Gasteiger partial charge in [-0.25, -0.2) is 9.37 Å². The lowest BCUT2D eigenvalue weighted by Crippen LogP contribution is -2.00. The zero-order valence-corrected chi connectivity index (χ0v) is 13.7. The van der Waals surface area contributed by atoms with Gasteiger partial charge in [-0.1, -0.05) is 35.3 Å². The van der Waals surface area contributed by atoms with Crippen LogP contribution in [0.2, 0.25) is 10.0 Å². The molecule has 0 fully saturated rings. The molecule has 3 aromatic rings. The number of pyridine rings is 1. The summed E-state index contributed by atoms with van der Waals surface area (Å²) in [5.74, 6) is -0.362. The summed E-state index contributed by atoms with van der Waals surface area (Å²) in [6.45, 7) is 0. The topological polar surface area (TPSA) is 62.7 Å². The fourth-order valence-electron chi connectivity index (χ4n) is 2.40. The van der Waals surface area contributed by atoms with Crippen LogP contribution in [0.15, 0.2) is 48.5 Å². The van der Waals surface area contributed by atoms with Gasteiger partial charge in [0.05, 0.1) is 10.7 Å². The zero-order valence-electron chi connectivity index (χ0n) is 12.2. The fourth-order valence-corrected chi connectivity index (χ4v) is 2.78. The minimum atomic E-state index is -0.408. The molecule has 0 bridgehead atoms. The van der Waals surface area contributed by atoms with E-state index in [4.69, 9.17) is 28.9 Å². The summed E-state index contributed by atoms with van der Waals surface area (Å²) < 4.78 is 13.6. The number of hydrogen-bond acceptors (Lipinski definition) is 3. The van der Waals surface area contributed by atoms with E-state index < -0.39 is 5.82 Å². The number of nitrogens with two attached hydrogens (primary N) is 1. The van der Waals surface area contributed by atoms with Crippen LogP contribution in [-0.4, -0.2) is 4.98 Å². The minimum absolute atomic E-state index is 0.0466. The lowest BCUT2D eigenvalue weighted by atomic mass is 9.98. The number of benzene rings is 2. The van der Waals surface area contributed by atoms with Crippen molar-refractivity contribution in [2.75, 3.05) is 5.73 Å². The zero-order chi connectivity index (χ0) is 17.3. The number of halogens is 3. The van der Waals surface area contributed by atoms with Crippen molar-refractivity contribution in [3.8, 4) is 28.5 Å². The van der Waals surface area contributed by atoms with E-state index in [0.29, 0.717) is 32.4 Å². The molecule has 0 amide bonds. The maximum atomic E-state index is 13.6. The first-order chi connectivity index (χ1) is 11.5. The van der Waals surface area contributed by atoms with Crippen LogP contribution in [0.5, 0.6) is 0 Å². The Morgan fingerprint density at radius 2 is 1.83 bits per heavy atom. The Bertz CT molecular complexity index is 980. The lowest BCUT2D eigenvalue weighted by molar-refractivity contribution is 0.628. The van der Waals surface area contributed by atoms with Gasteiger partial charge in [-0.05, 0) is 42.0 Å². The molecule has 0 aliphatic carbocycles. The van der Waals surface area contributed by atoms with Crippen LogP contribution in [0.4, 0.5) is 10.2 Å². The van der Waals surface area contributed by atoms with Crippen LogP contribution in [-0.2, 0) is 0 Å². The van der Waals surface area contributed by atoms with Gasteiger partial charge >= 0.3 is 0 Å². The number of anilines is 1. The van der Waals surface area contributed by atoms with Crippen LogP contribution in [0.1, 0.15) is 5.56 Å². The number of nitriles is 1. The first-order valence-corrected chi connectivity index (χ1v) is 7.67. The van der Waals surface area contributed by atoms with E-state index >= 15 is 0 Å². The lowest BCUT2D eigenvalue weighted by Gasteiger charge is -2.11. The van der Waals surface area contributed by atoms with E-state index in [1.165, 1.54) is 12.1 Å². The van der Waals surface area contributed by atoms with Crippen molar-refractivity contribution < 1.29 is 4.39 Å². The molecular weight excluding hydrogens is 348 g/mol. The quantitative estimate of drug-likeness (QED) is 0.675. The van der Waals surface area contributed by atoms with Gasteiger partial charge in [0.15, 0.2) is 0 Å². The number of nitrogens with zero attached hydrogens (tertiary/aromatic N) is 2. The maximum absolute atomic E-state index is 13.6. The molecule has 3 nitrogen and oxygen atoms in total. The molecule has 0 radical (unpaired) electrons. The first kappa shape index (κ1) is 16.3. The van der Waals surface area contributed by atoms with E-state index in [9.17, 15) is 9.65 Å². The monoisotopic (exact) mass is 357 g/mol. The highest BCUT2D eigenvalue weighted by molar-refractivity contribution is 6.35. The van der Waals surface area contributed by atoms with Gasteiger partial charge in [0, 0.05) is 16.1 Å². The molecule has 0 spiro atoms. The second kappa shape index (κ2) is 6.48. The Morgan fingerprint density at radius 3 is 2.54 bits per heavy atom. The largest absolute Gasteiger partial charge is 0.383 e. The Balaban J connectivity index is 2.28. The standard InChI is InChI=1S/C18H10Cl2FN3/c19-11-4-5-16(20)14(7-11)17-8-13(15(9-22)18(23)24-17)10-2-1-3-12(21)6-10/h1-8H,(H2,23,24). The third-order valence-corrected chi connectivity index (χ3v) is 4.06. The van der Waals surface area contributed by atoms with Gasteiger partial charge in [-0.15, -0.1) is 0 Å². The number of aromatic nitrogens is 1. The van der Waals surface area contributed by atoms with Gasteiger partial charge in [-0.2, -0.15) is 5.26 Å². The molecule has 0 atom stereocenters. The second-order valence-corrected chi connectivity index (χ2v) is 5.91. The molecule has 2 N–H and O–H groups in total. The summed E-state index contributed by atoms with van der Waals surface area (Å²) >= 11 is 12.2. The molecule has 0 saturated carbocycles. The van der Waals surface area contributed by atoms with Crippen molar-refractivity contribution in [3.63, 3.8) is 0 Å². The minimum Gasteiger partial charge on any atom is -0.383 e. The van der Waals surface area contributed by atoms with Crippen molar-refractivity contribution in [3.05, 3.63) is 70.0 Å². The molecule has 0 saturated heterocycles. The van der Waals surface area contributed by atoms with Gasteiger partial charge in [0.25, 0.3) is 0 Å². The van der Waals surface area contributed by atoms with Crippen molar-refractivity contribution in [2.45, 2.75) is 0 Å². The number of nitrogen functional groups attached to an aromatic ring is 1. The average Bonchev–Trinajstić information content (AvgIpc) is 2.56. The van der Waals surface area contributed by atoms with Gasteiger partial charge < -0.3 is 5.73 Å². The third-order valence-electron chi connectivity index (χ3n) is 3.50. The fraction of sp³-hybridized carbons (Fsp3) is 0. The highest BCUT2D eigenvalue weighted by Crippen LogP contribution is 2.35. The predicted molar refractivity (Wildman–Crippen MR) is 94.2 cm³/mol. The molecule has 0 unspecified atom stereocenters. The molecule has 6 heteroatoms. The van der Waals surface area contributed by atoms with Crippen LogP contribution in [0.3, 0.4) is 0 Å². The molecule has 118 valence electrons. The average molecular weight is 358 g/mol. The molecule has 2 aromatic carbocycles. The summed E-state index contributed by atoms with van der Waals surface area (Å²) in [4.78, 5) is 4.24. The van der Waals surface area contributed by atoms with Crippen LogP contribution < -0.4 is 5.73 Å². The molecular formula is C18H10Cl2FN3. The second-order valence-electron chi connectivity index (χ2n) is 5.06. The Morgan fingerprint density at radius 1 is 1.04 bits per heavy atom. The van der Waals surface area contributed by atoms with Gasteiger partial charge in [0.2, 0.25) is 0 Å². The normalized spacial score (nSPS) is 10.4. The predicted octanol–water partition coefficient (Wildman–Crippen LogP) is 5.32. The van der Waals surface area contributed by atoms with E-state index in [1.54, 1.807) is 36.4 Å². The Labute approximate surface area is 148 Å². The van der Waals surface area contributed by atoms with Crippen molar-refractivity contribution in [1.82, 2.24) is 4.98 Å². The van der Waals surface area contributed by atoms with Crippen molar-refractivity contribution >= 4 is 29.0 Å². The molecule has 1 heterocycles. The third kappa shape index (κ3) is 3.05. The van der Waals surface area contributed by atoms with E-state index in [2.05, 4.69) is 4.98 Å². The highest BCUT2D eigenvalue weighted by atomic mass is 35.5. The number of hydrogen-bond donors (Lipinski definition) is 1. The molecule has 1 aromatic heterocycles. The summed E-state index contributed by atoms with van der Waals surface area (Å²) in [5, 5.41) is 10.3. The summed E-state index contributed by atoms with van der Waals surface area (Å²) in [5.41, 5.74) is 8.16. The van der Waals surface area contributed by atoms with Gasteiger partial charge in [-0.3, -0.25) is 0 Å². The van der Waals surface area contributed by atoms with E-state index in [-0.39, 0.29) is 11.4 Å². The molecule has 3 rings (SSSR count). The highest BCUT2D eigenvalue weighted by Gasteiger charge is 2.15. The van der Waals surface area contributed by atoms with Gasteiger partial charge in [0.1, 0.15) is 23.3 Å². The molecule has 24 heavy (non-hydrogen) atoms. The van der Waals surface area contributed by atoms with Crippen LogP contribution in [0, 0.1) is 17.1 Å². The Hall–Kier alpha value is -2.61. The summed E-state index contributed by atoms with van der Waals surface area (Å²) in [6.07, 6.45) is 0. The van der Waals surface area contributed by atoms with Crippen molar-refractivity contribution in [1.29, 1.82) is 5.26 Å². The smallest absolute Gasteiger partial charge is 0.142 e. The van der Waals surface area contributed by atoms with Crippen LogP contribution in [0.25, 0.3) is 22.4 Å². The Kier molecular flexibility index (Phi) is 4.39. The van der Waals surface area contributed by atoms with E-state index in [0.717, 1.165) is 0 Å². The van der Waals surface area contributed by atoms with E-state index in [1.807, 2.05) is 6.07 Å².